The van der Waals surface area contributed by atoms with Crippen molar-refractivity contribution in [1.82, 2.24) is 19.7 Å². The van der Waals surface area contributed by atoms with Gasteiger partial charge in [0.25, 0.3) is 0 Å². The molecule has 2 aromatic rings. The molecule has 0 aliphatic carbocycles. The van der Waals surface area contributed by atoms with Crippen LogP contribution in [0.1, 0.15) is 12.0 Å². The van der Waals surface area contributed by atoms with E-state index in [0.29, 0.717) is 24.5 Å². The number of amides is 1. The minimum absolute atomic E-state index is 0.0218. The van der Waals surface area contributed by atoms with Crippen LogP contribution in [-0.4, -0.2) is 44.8 Å². The number of pyridine rings is 1. The van der Waals surface area contributed by atoms with E-state index < -0.39 is 0 Å². The first-order valence-corrected chi connectivity index (χ1v) is 7.02. The van der Waals surface area contributed by atoms with Crippen LogP contribution in [-0.2, 0) is 11.3 Å². The summed E-state index contributed by atoms with van der Waals surface area (Å²) in [6.07, 6.45) is 5.62. The lowest BCUT2D eigenvalue weighted by molar-refractivity contribution is -0.131. The van der Waals surface area contributed by atoms with Crippen molar-refractivity contribution in [2.24, 2.45) is 0 Å². The molecular formula is C15H15N5O2. The average molecular weight is 297 g/mol. The number of rotatable bonds is 4. The van der Waals surface area contributed by atoms with Gasteiger partial charge in [-0.3, -0.25) is 9.48 Å². The molecule has 0 N–H and O–H groups in total. The van der Waals surface area contributed by atoms with Gasteiger partial charge in [0.1, 0.15) is 12.6 Å². The van der Waals surface area contributed by atoms with Crippen molar-refractivity contribution in [2.45, 2.75) is 19.1 Å². The number of hydrogen-bond acceptors (Lipinski definition) is 5. The summed E-state index contributed by atoms with van der Waals surface area (Å²) in [4.78, 5) is 18.0. The highest BCUT2D eigenvalue weighted by Gasteiger charge is 2.28. The molecule has 7 heteroatoms. The Morgan fingerprint density at radius 1 is 1.50 bits per heavy atom. The van der Waals surface area contributed by atoms with Crippen LogP contribution in [0.15, 0.2) is 36.8 Å². The van der Waals surface area contributed by atoms with Gasteiger partial charge in [-0.25, -0.2) is 4.98 Å². The Balaban J connectivity index is 1.55. The van der Waals surface area contributed by atoms with Crippen LogP contribution in [0.5, 0.6) is 5.88 Å². The average Bonchev–Trinajstić information content (AvgIpc) is 3.19. The van der Waals surface area contributed by atoms with E-state index in [-0.39, 0.29) is 18.6 Å². The van der Waals surface area contributed by atoms with Crippen LogP contribution in [0.25, 0.3) is 0 Å². The van der Waals surface area contributed by atoms with Gasteiger partial charge in [0.05, 0.1) is 18.2 Å². The van der Waals surface area contributed by atoms with Gasteiger partial charge in [-0.1, -0.05) is 0 Å². The molecule has 3 rings (SSSR count). The number of likely N-dealkylation sites (tertiary alicyclic amines) is 1. The molecule has 0 bridgehead atoms. The van der Waals surface area contributed by atoms with Gasteiger partial charge in [0, 0.05) is 37.6 Å². The van der Waals surface area contributed by atoms with E-state index in [1.807, 2.05) is 6.07 Å². The second-order valence-electron chi connectivity index (χ2n) is 5.07. The number of carbonyl (C=O) groups excluding carboxylic acids is 1. The van der Waals surface area contributed by atoms with E-state index in [1.54, 1.807) is 46.4 Å². The Labute approximate surface area is 127 Å². The minimum Gasteiger partial charge on any atom is -0.472 e. The van der Waals surface area contributed by atoms with Crippen LogP contribution < -0.4 is 4.74 Å². The van der Waals surface area contributed by atoms with Crippen molar-refractivity contribution in [3.8, 4) is 11.9 Å². The molecule has 1 fully saturated rings. The van der Waals surface area contributed by atoms with Crippen molar-refractivity contribution in [3.05, 3.63) is 42.4 Å². The second kappa shape index (κ2) is 6.26. The van der Waals surface area contributed by atoms with Crippen LogP contribution in [0.2, 0.25) is 0 Å². The third kappa shape index (κ3) is 3.23. The fourth-order valence-electron chi connectivity index (χ4n) is 2.40. The topological polar surface area (TPSA) is 84.0 Å². The lowest BCUT2D eigenvalue weighted by Crippen LogP contribution is -2.33. The molecule has 0 radical (unpaired) electrons. The molecule has 112 valence electrons. The molecule has 3 heterocycles. The normalized spacial score (nSPS) is 17.2. The van der Waals surface area contributed by atoms with Crippen LogP contribution >= 0.6 is 0 Å². The van der Waals surface area contributed by atoms with Gasteiger partial charge in [-0.2, -0.15) is 10.4 Å². The molecule has 7 nitrogen and oxygen atoms in total. The van der Waals surface area contributed by atoms with Crippen molar-refractivity contribution in [3.63, 3.8) is 0 Å². The van der Waals surface area contributed by atoms with E-state index in [9.17, 15) is 4.79 Å². The predicted molar refractivity (Wildman–Crippen MR) is 76.8 cm³/mol. The number of nitrogens with zero attached hydrogens (tertiary/aromatic N) is 5. The first-order valence-electron chi connectivity index (χ1n) is 7.02. The molecule has 0 saturated carbocycles. The molecule has 1 saturated heterocycles. The van der Waals surface area contributed by atoms with Crippen molar-refractivity contribution in [1.29, 1.82) is 5.26 Å². The first-order chi connectivity index (χ1) is 10.7. The van der Waals surface area contributed by atoms with E-state index in [2.05, 4.69) is 10.1 Å². The van der Waals surface area contributed by atoms with Gasteiger partial charge >= 0.3 is 0 Å². The predicted octanol–water partition coefficient (Wildman–Crippen LogP) is 0.830. The summed E-state index contributed by atoms with van der Waals surface area (Å²) in [6, 6.07) is 7.07. The summed E-state index contributed by atoms with van der Waals surface area (Å²) < 4.78 is 7.36. The molecule has 1 atom stereocenters. The minimum atomic E-state index is -0.0944. The van der Waals surface area contributed by atoms with Crippen LogP contribution in [0.3, 0.4) is 0 Å². The summed E-state index contributed by atoms with van der Waals surface area (Å²) in [6.45, 7) is 1.42. The molecule has 1 aliphatic rings. The maximum absolute atomic E-state index is 12.2. The number of nitriles is 1. The fourth-order valence-corrected chi connectivity index (χ4v) is 2.40. The SMILES string of the molecule is N#Cc1ccnc(OC2CCN(C(=O)Cn3cccn3)C2)c1. The maximum atomic E-state index is 12.2. The quantitative estimate of drug-likeness (QED) is 0.834. The van der Waals surface area contributed by atoms with Crippen molar-refractivity contribution in [2.75, 3.05) is 13.1 Å². The first kappa shape index (κ1) is 14.1. The van der Waals surface area contributed by atoms with Crippen LogP contribution in [0, 0.1) is 11.3 Å². The Bertz CT molecular complexity index is 692. The lowest BCUT2D eigenvalue weighted by atomic mass is 10.3. The number of hydrogen-bond donors (Lipinski definition) is 0. The molecule has 0 spiro atoms. The number of ether oxygens (including phenoxy) is 1. The Kier molecular flexibility index (Phi) is 4.01. The lowest BCUT2D eigenvalue weighted by Gasteiger charge is -2.17. The summed E-state index contributed by atoms with van der Waals surface area (Å²) in [5.41, 5.74) is 0.509. The smallest absolute Gasteiger partial charge is 0.244 e. The molecule has 1 unspecified atom stereocenters. The summed E-state index contributed by atoms with van der Waals surface area (Å²) in [5, 5.41) is 12.9. The van der Waals surface area contributed by atoms with E-state index >= 15 is 0 Å². The summed E-state index contributed by atoms with van der Waals surface area (Å²) >= 11 is 0. The Morgan fingerprint density at radius 2 is 2.41 bits per heavy atom. The van der Waals surface area contributed by atoms with Crippen molar-refractivity contribution >= 4 is 5.91 Å². The highest BCUT2D eigenvalue weighted by Crippen LogP contribution is 2.17. The summed E-state index contributed by atoms with van der Waals surface area (Å²) in [5.74, 6) is 0.443. The molecule has 1 amide bonds. The molecule has 22 heavy (non-hydrogen) atoms. The fraction of sp³-hybridized carbons (Fsp3) is 0.333. The van der Waals surface area contributed by atoms with Gasteiger partial charge in [0.2, 0.25) is 11.8 Å². The highest BCUT2D eigenvalue weighted by atomic mass is 16.5. The number of aromatic nitrogens is 3. The van der Waals surface area contributed by atoms with E-state index in [0.717, 1.165) is 6.42 Å². The van der Waals surface area contributed by atoms with Gasteiger partial charge in [-0.15, -0.1) is 0 Å². The van der Waals surface area contributed by atoms with Gasteiger partial charge in [-0.05, 0) is 12.1 Å². The Hall–Kier alpha value is -2.88. The molecule has 2 aromatic heterocycles. The van der Waals surface area contributed by atoms with Gasteiger partial charge in [0.15, 0.2) is 0 Å². The third-order valence-electron chi connectivity index (χ3n) is 3.51. The highest BCUT2D eigenvalue weighted by molar-refractivity contribution is 5.76. The zero-order valence-electron chi connectivity index (χ0n) is 11.9. The standard InChI is InChI=1S/C15H15N5O2/c16-9-12-2-5-17-14(8-12)22-13-3-7-19(10-13)15(21)11-20-6-1-4-18-20/h1-2,4-6,8,13H,3,7,10-11H2. The van der Waals surface area contributed by atoms with Crippen molar-refractivity contribution < 1.29 is 9.53 Å². The maximum Gasteiger partial charge on any atom is 0.244 e. The summed E-state index contributed by atoms with van der Waals surface area (Å²) in [7, 11) is 0. The van der Waals surface area contributed by atoms with E-state index in [1.165, 1.54) is 0 Å². The zero-order valence-corrected chi connectivity index (χ0v) is 11.9. The number of carbonyl (C=O) groups is 1. The second-order valence-corrected chi connectivity index (χ2v) is 5.07. The van der Waals surface area contributed by atoms with E-state index in [4.69, 9.17) is 10.00 Å². The third-order valence-corrected chi connectivity index (χ3v) is 3.51. The monoisotopic (exact) mass is 297 g/mol. The van der Waals surface area contributed by atoms with Gasteiger partial charge < -0.3 is 9.64 Å². The molecule has 1 aliphatic heterocycles. The zero-order chi connectivity index (χ0) is 15.4. The van der Waals surface area contributed by atoms with Crippen LogP contribution in [0.4, 0.5) is 0 Å². The molecular weight excluding hydrogens is 282 g/mol. The largest absolute Gasteiger partial charge is 0.472 e. The molecule has 0 aromatic carbocycles. The Morgan fingerprint density at radius 3 is 3.18 bits per heavy atom.